The summed E-state index contributed by atoms with van der Waals surface area (Å²) in [5.74, 6) is 0.137. The molecule has 0 fully saturated rings. The van der Waals surface area contributed by atoms with Gasteiger partial charge in [-0.05, 0) is 61.0 Å². The average Bonchev–Trinajstić information content (AvgIpc) is 2.63. The van der Waals surface area contributed by atoms with E-state index in [1.807, 2.05) is 43.3 Å². The highest BCUT2D eigenvalue weighted by atomic mass is 35.5. The van der Waals surface area contributed by atoms with E-state index < -0.39 is 5.97 Å². The summed E-state index contributed by atoms with van der Waals surface area (Å²) in [4.78, 5) is 16.5. The Hall–Kier alpha value is -2.91. The quantitative estimate of drug-likeness (QED) is 0.348. The number of hydrogen-bond donors (Lipinski definition) is 0. The van der Waals surface area contributed by atoms with Crippen LogP contribution in [0.3, 0.4) is 0 Å². The highest BCUT2D eigenvalue weighted by Gasteiger charge is 2.08. The number of esters is 1. The summed E-state index contributed by atoms with van der Waals surface area (Å²) in [5.41, 5.74) is 3.29. The van der Waals surface area contributed by atoms with E-state index in [2.05, 4.69) is 4.99 Å². The van der Waals surface area contributed by atoms with Gasteiger partial charge in [0.1, 0.15) is 5.75 Å². The van der Waals surface area contributed by atoms with Crippen LogP contribution in [0.5, 0.6) is 5.75 Å². The number of benzene rings is 3. The molecule has 0 radical (unpaired) electrons. The predicted octanol–water partition coefficient (Wildman–Crippen LogP) is 5.62. The van der Waals surface area contributed by atoms with Crippen LogP contribution in [-0.2, 0) is 0 Å². The predicted molar refractivity (Wildman–Crippen MR) is 101 cm³/mol. The summed E-state index contributed by atoms with van der Waals surface area (Å²) in [6.07, 6.45) is 1.75. The van der Waals surface area contributed by atoms with Gasteiger partial charge < -0.3 is 4.74 Å². The normalized spacial score (nSPS) is 10.8. The van der Waals surface area contributed by atoms with Crippen LogP contribution in [0.1, 0.15) is 21.5 Å². The Bertz CT molecular complexity index is 883. The molecule has 0 saturated heterocycles. The maximum atomic E-state index is 12.1. The van der Waals surface area contributed by atoms with E-state index in [0.29, 0.717) is 16.3 Å². The Morgan fingerprint density at radius 1 is 0.920 bits per heavy atom. The molecule has 3 rings (SSSR count). The maximum Gasteiger partial charge on any atom is 0.343 e. The third-order valence-electron chi connectivity index (χ3n) is 3.57. The van der Waals surface area contributed by atoms with Crippen LogP contribution in [0.15, 0.2) is 77.8 Å². The molecule has 3 aromatic carbocycles. The van der Waals surface area contributed by atoms with Crippen molar-refractivity contribution in [1.29, 1.82) is 0 Å². The van der Waals surface area contributed by atoms with Gasteiger partial charge in [-0.1, -0.05) is 41.4 Å². The Balaban J connectivity index is 1.66. The largest absolute Gasteiger partial charge is 0.423 e. The number of halogens is 1. The smallest absolute Gasteiger partial charge is 0.343 e. The van der Waals surface area contributed by atoms with Crippen LogP contribution < -0.4 is 4.74 Å². The Kier molecular flexibility index (Phi) is 5.26. The van der Waals surface area contributed by atoms with Crippen molar-refractivity contribution >= 4 is 29.5 Å². The van der Waals surface area contributed by atoms with E-state index in [0.717, 1.165) is 16.8 Å². The van der Waals surface area contributed by atoms with Gasteiger partial charge in [0.25, 0.3) is 0 Å². The molecule has 0 aliphatic rings. The Morgan fingerprint density at radius 2 is 1.56 bits per heavy atom. The van der Waals surface area contributed by atoms with Crippen molar-refractivity contribution in [1.82, 2.24) is 0 Å². The third kappa shape index (κ3) is 4.78. The lowest BCUT2D eigenvalue weighted by molar-refractivity contribution is 0.0735. The van der Waals surface area contributed by atoms with E-state index in [9.17, 15) is 4.79 Å². The van der Waals surface area contributed by atoms with Gasteiger partial charge in [0.15, 0.2) is 0 Å². The molecule has 0 aliphatic carbocycles. The number of rotatable bonds is 4. The van der Waals surface area contributed by atoms with Gasteiger partial charge in [0.2, 0.25) is 0 Å². The molecule has 0 heterocycles. The van der Waals surface area contributed by atoms with E-state index >= 15 is 0 Å². The van der Waals surface area contributed by atoms with Crippen molar-refractivity contribution in [3.8, 4) is 5.75 Å². The van der Waals surface area contributed by atoms with Crippen LogP contribution in [0.4, 0.5) is 5.69 Å². The van der Waals surface area contributed by atoms with Gasteiger partial charge in [-0.25, -0.2) is 4.79 Å². The molecular weight excluding hydrogens is 334 g/mol. The minimum Gasteiger partial charge on any atom is -0.423 e. The van der Waals surface area contributed by atoms with E-state index in [1.54, 1.807) is 42.6 Å². The molecule has 0 aromatic heterocycles. The summed E-state index contributed by atoms with van der Waals surface area (Å²) in [5, 5.41) is 0.689. The van der Waals surface area contributed by atoms with Crippen LogP contribution >= 0.6 is 11.6 Å². The second-order valence-electron chi connectivity index (χ2n) is 5.56. The summed E-state index contributed by atoms with van der Waals surface area (Å²) in [6, 6.07) is 21.7. The van der Waals surface area contributed by atoms with Crippen molar-refractivity contribution in [3.63, 3.8) is 0 Å². The Morgan fingerprint density at radius 3 is 2.20 bits per heavy atom. The van der Waals surface area contributed by atoms with Gasteiger partial charge in [-0.3, -0.25) is 4.99 Å². The zero-order chi connectivity index (χ0) is 17.6. The second kappa shape index (κ2) is 7.77. The molecule has 0 atom stereocenters. The fraction of sp³-hybridized carbons (Fsp3) is 0.0476. The highest BCUT2D eigenvalue weighted by molar-refractivity contribution is 6.30. The third-order valence-corrected chi connectivity index (χ3v) is 3.82. The molecule has 4 heteroatoms. The summed E-state index contributed by atoms with van der Waals surface area (Å²) in [7, 11) is 0. The first-order valence-electron chi connectivity index (χ1n) is 7.79. The molecule has 0 aliphatic heterocycles. The first-order chi connectivity index (χ1) is 12.1. The van der Waals surface area contributed by atoms with Gasteiger partial charge >= 0.3 is 5.97 Å². The van der Waals surface area contributed by atoms with Gasteiger partial charge in [-0.15, -0.1) is 0 Å². The van der Waals surface area contributed by atoms with Crippen LogP contribution in [-0.4, -0.2) is 12.2 Å². The SMILES string of the molecule is Cc1ccc(OC(=O)c2ccc(N=Cc3ccc(Cl)cc3)cc2)cc1. The highest BCUT2D eigenvalue weighted by Crippen LogP contribution is 2.17. The van der Waals surface area contributed by atoms with E-state index in [-0.39, 0.29) is 0 Å². The molecule has 0 N–H and O–H groups in total. The molecule has 0 spiro atoms. The topological polar surface area (TPSA) is 38.7 Å². The number of hydrogen-bond acceptors (Lipinski definition) is 3. The van der Waals surface area contributed by atoms with Crippen LogP contribution in [0, 0.1) is 6.92 Å². The summed E-state index contributed by atoms with van der Waals surface area (Å²) in [6.45, 7) is 1.98. The number of carbonyl (C=O) groups is 1. The van der Waals surface area contributed by atoms with Crippen LogP contribution in [0.2, 0.25) is 5.02 Å². The Labute approximate surface area is 151 Å². The van der Waals surface area contributed by atoms with Crippen molar-refractivity contribution < 1.29 is 9.53 Å². The number of carbonyl (C=O) groups excluding carboxylic acids is 1. The van der Waals surface area contributed by atoms with Crippen LogP contribution in [0.25, 0.3) is 0 Å². The number of nitrogens with zero attached hydrogens (tertiary/aromatic N) is 1. The first-order valence-corrected chi connectivity index (χ1v) is 8.16. The molecule has 0 bridgehead atoms. The average molecular weight is 350 g/mol. The fourth-order valence-corrected chi connectivity index (χ4v) is 2.28. The molecule has 0 amide bonds. The molecule has 0 saturated carbocycles. The standard InChI is InChI=1S/C21H16ClNO2/c1-15-2-12-20(13-3-15)25-21(24)17-6-10-19(11-7-17)23-14-16-4-8-18(22)9-5-16/h2-14H,1H3. The maximum absolute atomic E-state index is 12.1. The minimum atomic E-state index is -0.392. The van der Waals surface area contributed by atoms with Crippen molar-refractivity contribution in [2.24, 2.45) is 4.99 Å². The first kappa shape index (κ1) is 16.9. The van der Waals surface area contributed by atoms with Crippen molar-refractivity contribution in [2.75, 3.05) is 0 Å². The number of aryl methyl sites for hydroxylation is 1. The lowest BCUT2D eigenvalue weighted by atomic mass is 10.2. The van der Waals surface area contributed by atoms with Gasteiger partial charge in [-0.2, -0.15) is 0 Å². The van der Waals surface area contributed by atoms with Gasteiger partial charge in [0, 0.05) is 11.2 Å². The summed E-state index contributed by atoms with van der Waals surface area (Å²) < 4.78 is 5.35. The van der Waals surface area contributed by atoms with Crippen molar-refractivity contribution in [2.45, 2.75) is 6.92 Å². The lowest BCUT2D eigenvalue weighted by Crippen LogP contribution is -2.07. The second-order valence-corrected chi connectivity index (χ2v) is 6.00. The fourth-order valence-electron chi connectivity index (χ4n) is 2.15. The number of ether oxygens (including phenoxy) is 1. The zero-order valence-electron chi connectivity index (χ0n) is 13.6. The molecule has 3 aromatic rings. The molecule has 0 unspecified atom stereocenters. The van der Waals surface area contributed by atoms with E-state index in [4.69, 9.17) is 16.3 Å². The molecular formula is C21H16ClNO2. The number of aliphatic imine (C=N–C) groups is 1. The minimum absolute atomic E-state index is 0.392. The molecule has 25 heavy (non-hydrogen) atoms. The molecule has 124 valence electrons. The summed E-state index contributed by atoms with van der Waals surface area (Å²) >= 11 is 5.85. The van der Waals surface area contributed by atoms with Crippen molar-refractivity contribution in [3.05, 3.63) is 94.5 Å². The monoisotopic (exact) mass is 349 g/mol. The lowest BCUT2D eigenvalue weighted by Gasteiger charge is -2.05. The van der Waals surface area contributed by atoms with Gasteiger partial charge in [0.05, 0.1) is 11.3 Å². The molecule has 3 nitrogen and oxygen atoms in total. The van der Waals surface area contributed by atoms with E-state index in [1.165, 1.54) is 0 Å². The zero-order valence-corrected chi connectivity index (χ0v) is 14.4.